The monoisotopic (exact) mass is 258 g/mol. The zero-order chi connectivity index (χ0) is 13.7. The van der Waals surface area contributed by atoms with E-state index >= 15 is 0 Å². The molecule has 2 rings (SSSR count). The fourth-order valence-corrected chi connectivity index (χ4v) is 2.13. The summed E-state index contributed by atoms with van der Waals surface area (Å²) >= 11 is 0. The van der Waals surface area contributed by atoms with Crippen molar-refractivity contribution in [1.82, 2.24) is 0 Å². The summed E-state index contributed by atoms with van der Waals surface area (Å²) in [5.74, 6) is -2.08. The molecule has 0 fully saturated rings. The van der Waals surface area contributed by atoms with Crippen molar-refractivity contribution in [1.29, 1.82) is 0 Å². The summed E-state index contributed by atoms with van der Waals surface area (Å²) in [6, 6.07) is 18.3. The topological polar surface area (TPSA) is 37.3 Å². The van der Waals surface area contributed by atoms with Gasteiger partial charge in [-0.1, -0.05) is 60.7 Å². The van der Waals surface area contributed by atoms with Crippen molar-refractivity contribution >= 4 is 5.97 Å². The maximum absolute atomic E-state index is 14.0. The summed E-state index contributed by atoms with van der Waals surface area (Å²) < 4.78 is 14.0. The van der Waals surface area contributed by atoms with E-state index in [2.05, 4.69) is 0 Å². The van der Waals surface area contributed by atoms with Gasteiger partial charge >= 0.3 is 5.97 Å². The van der Waals surface area contributed by atoms with Crippen molar-refractivity contribution in [3.63, 3.8) is 0 Å². The first-order valence-electron chi connectivity index (χ1n) is 6.14. The van der Waals surface area contributed by atoms with Gasteiger partial charge in [-0.25, -0.2) is 9.18 Å². The van der Waals surface area contributed by atoms with E-state index in [1.807, 2.05) is 36.4 Å². The fraction of sp³-hybridized carbons (Fsp3) is 0.188. The Kier molecular flexibility index (Phi) is 4.29. The van der Waals surface area contributed by atoms with Crippen LogP contribution >= 0.6 is 0 Å². The summed E-state index contributed by atoms with van der Waals surface area (Å²) in [6.07, 6.45) is -1.53. The van der Waals surface area contributed by atoms with Crippen LogP contribution in [0.25, 0.3) is 0 Å². The molecule has 19 heavy (non-hydrogen) atoms. The van der Waals surface area contributed by atoms with E-state index in [0.29, 0.717) is 12.0 Å². The highest BCUT2D eigenvalue weighted by molar-refractivity contribution is 5.73. The second kappa shape index (κ2) is 6.14. The van der Waals surface area contributed by atoms with Gasteiger partial charge in [-0.2, -0.15) is 0 Å². The number of alkyl halides is 1. The van der Waals surface area contributed by atoms with Gasteiger partial charge in [0.05, 0.1) is 0 Å². The van der Waals surface area contributed by atoms with Crippen LogP contribution in [-0.4, -0.2) is 17.2 Å². The van der Waals surface area contributed by atoms with Gasteiger partial charge in [0.2, 0.25) is 6.17 Å². The average Bonchev–Trinajstić information content (AvgIpc) is 2.46. The zero-order valence-electron chi connectivity index (χ0n) is 10.4. The number of aliphatic carboxylic acids is 1. The smallest absolute Gasteiger partial charge is 0.338 e. The first-order chi connectivity index (χ1) is 9.18. The van der Waals surface area contributed by atoms with Crippen LogP contribution in [0.5, 0.6) is 0 Å². The Hall–Kier alpha value is -2.16. The number of carboxylic acids is 1. The van der Waals surface area contributed by atoms with Crippen molar-refractivity contribution in [2.75, 3.05) is 0 Å². The van der Waals surface area contributed by atoms with Crippen molar-refractivity contribution in [3.05, 3.63) is 71.8 Å². The standard InChI is InChI=1S/C16H15FO2/c17-15(16(18)19)14(13-9-5-2-6-10-13)11-12-7-3-1-4-8-12/h1-10,14-15H,11H2,(H,18,19). The second-order valence-electron chi connectivity index (χ2n) is 4.45. The predicted molar refractivity (Wildman–Crippen MR) is 71.9 cm³/mol. The molecule has 0 aromatic heterocycles. The van der Waals surface area contributed by atoms with E-state index in [4.69, 9.17) is 5.11 Å². The summed E-state index contributed by atoms with van der Waals surface area (Å²) in [5, 5.41) is 8.92. The highest BCUT2D eigenvalue weighted by Crippen LogP contribution is 2.26. The third-order valence-corrected chi connectivity index (χ3v) is 3.12. The van der Waals surface area contributed by atoms with E-state index in [1.165, 1.54) is 0 Å². The number of hydrogen-bond acceptors (Lipinski definition) is 1. The lowest BCUT2D eigenvalue weighted by Crippen LogP contribution is -2.25. The molecule has 0 saturated heterocycles. The highest BCUT2D eigenvalue weighted by Gasteiger charge is 2.29. The minimum atomic E-state index is -1.90. The average molecular weight is 258 g/mol. The number of carbonyl (C=O) groups is 1. The number of carboxylic acid groups (broad SMARTS) is 1. The van der Waals surface area contributed by atoms with Gasteiger partial charge in [0.1, 0.15) is 0 Å². The molecule has 0 aliphatic carbocycles. The molecule has 2 unspecified atom stereocenters. The third-order valence-electron chi connectivity index (χ3n) is 3.12. The molecule has 2 aromatic carbocycles. The van der Waals surface area contributed by atoms with Gasteiger partial charge in [0.15, 0.2) is 0 Å². The van der Waals surface area contributed by atoms with Crippen LogP contribution in [0.15, 0.2) is 60.7 Å². The molecule has 98 valence electrons. The van der Waals surface area contributed by atoms with Gasteiger partial charge in [0.25, 0.3) is 0 Å². The van der Waals surface area contributed by atoms with Gasteiger partial charge in [-0.3, -0.25) is 0 Å². The van der Waals surface area contributed by atoms with Crippen LogP contribution in [0.4, 0.5) is 4.39 Å². The normalized spacial score (nSPS) is 13.7. The molecule has 1 N–H and O–H groups in total. The molecule has 2 nitrogen and oxygen atoms in total. The Bertz CT molecular complexity index is 525. The van der Waals surface area contributed by atoms with Crippen LogP contribution in [0, 0.1) is 0 Å². The minimum Gasteiger partial charge on any atom is -0.479 e. The molecule has 3 heteroatoms. The highest BCUT2D eigenvalue weighted by atomic mass is 19.1. The first kappa shape index (κ1) is 13.3. The zero-order valence-corrected chi connectivity index (χ0v) is 10.4. The van der Waals surface area contributed by atoms with Crippen LogP contribution in [0.1, 0.15) is 17.0 Å². The van der Waals surface area contributed by atoms with E-state index in [0.717, 1.165) is 5.56 Å². The molecule has 0 radical (unpaired) electrons. The number of halogens is 1. The van der Waals surface area contributed by atoms with E-state index in [9.17, 15) is 9.18 Å². The molecule has 0 bridgehead atoms. The Morgan fingerprint density at radius 2 is 1.53 bits per heavy atom. The largest absolute Gasteiger partial charge is 0.479 e. The lowest BCUT2D eigenvalue weighted by molar-refractivity contribution is -0.143. The van der Waals surface area contributed by atoms with Gasteiger partial charge in [0, 0.05) is 5.92 Å². The van der Waals surface area contributed by atoms with Crippen molar-refractivity contribution in [3.8, 4) is 0 Å². The van der Waals surface area contributed by atoms with Gasteiger partial charge in [-0.05, 0) is 17.5 Å². The van der Waals surface area contributed by atoms with Crippen LogP contribution in [-0.2, 0) is 11.2 Å². The van der Waals surface area contributed by atoms with Crippen molar-refractivity contribution in [2.45, 2.75) is 18.5 Å². The number of hydrogen-bond donors (Lipinski definition) is 1. The Labute approximate surface area is 111 Å². The summed E-state index contributed by atoms with van der Waals surface area (Å²) in [5.41, 5.74) is 1.64. The van der Waals surface area contributed by atoms with Gasteiger partial charge in [-0.15, -0.1) is 0 Å². The predicted octanol–water partition coefficient (Wildman–Crippen LogP) is 3.44. The molecule has 0 aliphatic heterocycles. The maximum Gasteiger partial charge on any atom is 0.338 e. The molecule has 2 atom stereocenters. The SMILES string of the molecule is O=C(O)C(F)C(Cc1ccccc1)c1ccccc1. The molecule has 0 saturated carbocycles. The summed E-state index contributed by atoms with van der Waals surface area (Å²) in [7, 11) is 0. The molecule has 0 heterocycles. The number of rotatable bonds is 5. The van der Waals surface area contributed by atoms with E-state index in [1.54, 1.807) is 24.3 Å². The molecule has 0 spiro atoms. The van der Waals surface area contributed by atoms with Crippen LogP contribution in [0.3, 0.4) is 0 Å². The molecule has 2 aromatic rings. The maximum atomic E-state index is 14.0. The quantitative estimate of drug-likeness (QED) is 0.892. The van der Waals surface area contributed by atoms with Gasteiger partial charge < -0.3 is 5.11 Å². The summed E-state index contributed by atoms with van der Waals surface area (Å²) in [4.78, 5) is 10.9. The van der Waals surface area contributed by atoms with E-state index in [-0.39, 0.29) is 0 Å². The summed E-state index contributed by atoms with van der Waals surface area (Å²) in [6.45, 7) is 0. The van der Waals surface area contributed by atoms with Crippen molar-refractivity contribution < 1.29 is 14.3 Å². The molecular weight excluding hydrogens is 243 g/mol. The van der Waals surface area contributed by atoms with Crippen molar-refractivity contribution in [2.24, 2.45) is 0 Å². The molecule has 0 aliphatic rings. The minimum absolute atomic E-state index is 0.373. The molecular formula is C16H15FO2. The lowest BCUT2D eigenvalue weighted by Gasteiger charge is -2.19. The Balaban J connectivity index is 2.27. The van der Waals surface area contributed by atoms with Crippen LogP contribution < -0.4 is 0 Å². The number of benzene rings is 2. The Morgan fingerprint density at radius 1 is 1.00 bits per heavy atom. The third kappa shape index (κ3) is 3.41. The second-order valence-corrected chi connectivity index (χ2v) is 4.45. The fourth-order valence-electron chi connectivity index (χ4n) is 2.13. The lowest BCUT2D eigenvalue weighted by atomic mass is 9.88. The van der Waals surface area contributed by atoms with E-state index < -0.39 is 18.1 Å². The first-order valence-corrected chi connectivity index (χ1v) is 6.14. The molecule has 0 amide bonds. The van der Waals surface area contributed by atoms with Crippen LogP contribution in [0.2, 0.25) is 0 Å². The Morgan fingerprint density at radius 3 is 2.05 bits per heavy atom.